The summed E-state index contributed by atoms with van der Waals surface area (Å²) in [5.74, 6) is 0. The average molecular weight is 287 g/mol. The lowest BCUT2D eigenvalue weighted by atomic mass is 10.0. The first-order valence-corrected chi connectivity index (χ1v) is 7.80. The van der Waals surface area contributed by atoms with E-state index in [1.165, 1.54) is 32.1 Å². The molecule has 1 N–H and O–H groups in total. The van der Waals surface area contributed by atoms with E-state index in [4.69, 9.17) is 11.6 Å². The number of aliphatic hydroxyl groups excluding tert-OH is 1. The van der Waals surface area contributed by atoms with Crippen molar-refractivity contribution in [3.8, 4) is 0 Å². The zero-order chi connectivity index (χ0) is 14.3. The van der Waals surface area contributed by atoms with E-state index in [1.54, 1.807) is 4.68 Å². The summed E-state index contributed by atoms with van der Waals surface area (Å²) in [6.45, 7) is 4.12. The zero-order valence-corrected chi connectivity index (χ0v) is 13.2. The number of unbranched alkanes of at least 4 members (excludes halogenated alkanes) is 5. The molecular weight excluding hydrogens is 260 g/mol. The van der Waals surface area contributed by atoms with Gasteiger partial charge in [0.15, 0.2) is 0 Å². The van der Waals surface area contributed by atoms with Crippen LogP contribution in [0.15, 0.2) is 0 Å². The minimum Gasteiger partial charge on any atom is -0.393 e. The van der Waals surface area contributed by atoms with Gasteiger partial charge in [0, 0.05) is 13.5 Å². The molecule has 0 aromatic carbocycles. The van der Waals surface area contributed by atoms with Gasteiger partial charge in [-0.2, -0.15) is 5.10 Å². The van der Waals surface area contributed by atoms with Gasteiger partial charge in [-0.3, -0.25) is 4.68 Å². The molecule has 0 saturated heterocycles. The van der Waals surface area contributed by atoms with E-state index in [1.807, 2.05) is 14.0 Å². The van der Waals surface area contributed by atoms with E-state index < -0.39 is 0 Å². The molecule has 0 saturated carbocycles. The van der Waals surface area contributed by atoms with Gasteiger partial charge in [0.05, 0.1) is 22.5 Å². The van der Waals surface area contributed by atoms with Crippen LogP contribution in [0.2, 0.25) is 5.02 Å². The van der Waals surface area contributed by atoms with Crippen molar-refractivity contribution in [3.63, 3.8) is 0 Å². The number of aromatic nitrogens is 2. The van der Waals surface area contributed by atoms with Gasteiger partial charge >= 0.3 is 0 Å². The van der Waals surface area contributed by atoms with E-state index in [0.717, 1.165) is 24.2 Å². The van der Waals surface area contributed by atoms with E-state index in [2.05, 4.69) is 12.0 Å². The molecule has 0 aliphatic heterocycles. The van der Waals surface area contributed by atoms with Gasteiger partial charge in [0.1, 0.15) is 0 Å². The number of halogens is 1. The molecule has 0 amide bonds. The van der Waals surface area contributed by atoms with Gasteiger partial charge in [0.25, 0.3) is 0 Å². The molecular formula is C15H27ClN2O. The second kappa shape index (κ2) is 8.60. The minimum atomic E-state index is -0.307. The summed E-state index contributed by atoms with van der Waals surface area (Å²) < 4.78 is 1.78. The van der Waals surface area contributed by atoms with Gasteiger partial charge in [0.2, 0.25) is 0 Å². The lowest BCUT2D eigenvalue weighted by Crippen LogP contribution is -2.13. The molecule has 1 atom stereocenters. The van der Waals surface area contributed by atoms with Crippen LogP contribution in [0.25, 0.3) is 0 Å². The van der Waals surface area contributed by atoms with Gasteiger partial charge in [-0.1, -0.05) is 57.0 Å². The van der Waals surface area contributed by atoms with Crippen LogP contribution in [0.1, 0.15) is 63.3 Å². The van der Waals surface area contributed by atoms with E-state index in [0.29, 0.717) is 11.4 Å². The maximum Gasteiger partial charge on any atom is 0.0847 e. The standard InChI is InChI=1S/C15H27ClN2O/c1-4-5-6-7-8-9-10-13(19)11-14-15(16)12(2)17-18(14)3/h13,19H,4-11H2,1-3H3. The number of aliphatic hydroxyl groups is 1. The van der Waals surface area contributed by atoms with Gasteiger partial charge in [-0.25, -0.2) is 0 Å². The van der Waals surface area contributed by atoms with Crippen molar-refractivity contribution in [1.29, 1.82) is 0 Å². The predicted octanol–water partition coefficient (Wildman–Crippen LogP) is 4.04. The molecule has 1 aromatic rings. The summed E-state index contributed by atoms with van der Waals surface area (Å²) in [6.07, 6.45) is 8.67. The Morgan fingerprint density at radius 3 is 2.42 bits per heavy atom. The number of rotatable bonds is 9. The molecule has 0 spiro atoms. The second-order valence-corrected chi connectivity index (χ2v) is 5.76. The molecule has 4 heteroatoms. The zero-order valence-electron chi connectivity index (χ0n) is 12.5. The van der Waals surface area contributed by atoms with Crippen molar-refractivity contribution in [2.45, 2.75) is 71.3 Å². The summed E-state index contributed by atoms with van der Waals surface area (Å²) in [5, 5.41) is 15.0. The average Bonchev–Trinajstić information content (AvgIpc) is 2.60. The number of aryl methyl sites for hydroxylation is 2. The lowest BCUT2D eigenvalue weighted by Gasteiger charge is -2.11. The van der Waals surface area contributed by atoms with Crippen LogP contribution in [0.4, 0.5) is 0 Å². The minimum absolute atomic E-state index is 0.307. The Morgan fingerprint density at radius 2 is 1.84 bits per heavy atom. The Morgan fingerprint density at radius 1 is 1.21 bits per heavy atom. The molecule has 1 unspecified atom stereocenters. The van der Waals surface area contributed by atoms with Crippen molar-refractivity contribution in [2.24, 2.45) is 7.05 Å². The first-order chi connectivity index (χ1) is 9.06. The molecule has 3 nitrogen and oxygen atoms in total. The Kier molecular flexibility index (Phi) is 7.47. The smallest absolute Gasteiger partial charge is 0.0847 e. The highest BCUT2D eigenvalue weighted by Gasteiger charge is 2.15. The van der Waals surface area contributed by atoms with Gasteiger partial charge in [-0.15, -0.1) is 0 Å². The van der Waals surface area contributed by atoms with Crippen LogP contribution in [-0.4, -0.2) is 21.0 Å². The highest BCUT2D eigenvalue weighted by atomic mass is 35.5. The number of hydrogen-bond donors (Lipinski definition) is 1. The first kappa shape index (κ1) is 16.5. The largest absolute Gasteiger partial charge is 0.393 e. The molecule has 1 rings (SSSR count). The fraction of sp³-hybridized carbons (Fsp3) is 0.800. The summed E-state index contributed by atoms with van der Waals surface area (Å²) in [6, 6.07) is 0. The van der Waals surface area contributed by atoms with Crippen LogP contribution in [0.5, 0.6) is 0 Å². The third-order valence-corrected chi connectivity index (χ3v) is 4.07. The normalized spacial score (nSPS) is 12.9. The Balaban J connectivity index is 2.25. The molecule has 19 heavy (non-hydrogen) atoms. The summed E-state index contributed by atoms with van der Waals surface area (Å²) in [7, 11) is 1.88. The van der Waals surface area contributed by atoms with Crippen molar-refractivity contribution in [2.75, 3.05) is 0 Å². The molecule has 0 aliphatic rings. The number of nitrogens with zero attached hydrogens (tertiary/aromatic N) is 2. The maximum absolute atomic E-state index is 10.1. The highest BCUT2D eigenvalue weighted by Crippen LogP contribution is 2.22. The third-order valence-electron chi connectivity index (χ3n) is 3.58. The Hall–Kier alpha value is -0.540. The van der Waals surface area contributed by atoms with E-state index in [-0.39, 0.29) is 6.10 Å². The number of hydrogen-bond acceptors (Lipinski definition) is 2. The molecule has 0 aliphatic carbocycles. The van der Waals surface area contributed by atoms with Gasteiger partial charge < -0.3 is 5.11 Å². The Labute approximate surface area is 122 Å². The van der Waals surface area contributed by atoms with Crippen LogP contribution in [-0.2, 0) is 13.5 Å². The predicted molar refractivity (Wildman–Crippen MR) is 80.7 cm³/mol. The molecule has 0 bridgehead atoms. The molecule has 0 radical (unpaired) electrons. The van der Waals surface area contributed by atoms with Crippen molar-refractivity contribution in [3.05, 3.63) is 16.4 Å². The molecule has 0 fully saturated rings. The van der Waals surface area contributed by atoms with Crippen LogP contribution < -0.4 is 0 Å². The van der Waals surface area contributed by atoms with Crippen molar-refractivity contribution in [1.82, 2.24) is 9.78 Å². The SMILES string of the molecule is CCCCCCCCC(O)Cc1c(Cl)c(C)nn1C. The van der Waals surface area contributed by atoms with E-state index >= 15 is 0 Å². The second-order valence-electron chi connectivity index (χ2n) is 5.38. The fourth-order valence-corrected chi connectivity index (χ4v) is 2.62. The highest BCUT2D eigenvalue weighted by molar-refractivity contribution is 6.31. The molecule has 1 heterocycles. The van der Waals surface area contributed by atoms with Gasteiger partial charge in [-0.05, 0) is 13.3 Å². The summed E-state index contributed by atoms with van der Waals surface area (Å²) >= 11 is 6.18. The van der Waals surface area contributed by atoms with Crippen LogP contribution in [0, 0.1) is 6.92 Å². The molecule has 1 aromatic heterocycles. The first-order valence-electron chi connectivity index (χ1n) is 7.42. The summed E-state index contributed by atoms with van der Waals surface area (Å²) in [5.41, 5.74) is 1.78. The van der Waals surface area contributed by atoms with Crippen LogP contribution >= 0.6 is 11.6 Å². The van der Waals surface area contributed by atoms with Crippen molar-refractivity contribution < 1.29 is 5.11 Å². The third kappa shape index (κ3) is 5.53. The lowest BCUT2D eigenvalue weighted by molar-refractivity contribution is 0.158. The van der Waals surface area contributed by atoms with E-state index in [9.17, 15) is 5.11 Å². The summed E-state index contributed by atoms with van der Waals surface area (Å²) in [4.78, 5) is 0. The molecule has 110 valence electrons. The fourth-order valence-electron chi connectivity index (χ4n) is 2.39. The maximum atomic E-state index is 10.1. The Bertz CT molecular complexity index is 376. The topological polar surface area (TPSA) is 38.1 Å². The van der Waals surface area contributed by atoms with Crippen LogP contribution in [0.3, 0.4) is 0 Å². The monoisotopic (exact) mass is 286 g/mol. The quantitative estimate of drug-likeness (QED) is 0.696. The van der Waals surface area contributed by atoms with Crippen molar-refractivity contribution >= 4 is 11.6 Å².